The minimum atomic E-state index is -1.87. The Kier molecular flexibility index (Phi) is 5.70. The van der Waals surface area contributed by atoms with Gasteiger partial charge in [0.1, 0.15) is 18.3 Å². The summed E-state index contributed by atoms with van der Waals surface area (Å²) in [6.07, 6.45) is -8.07. The number of nitrogens with one attached hydrogen (secondary N) is 2. The van der Waals surface area contributed by atoms with Crippen LogP contribution in [0.3, 0.4) is 0 Å². The molecule has 0 aliphatic carbocycles. The number of carbonyl (C=O) groups excluding carboxylic acids is 1. The van der Waals surface area contributed by atoms with Crippen LogP contribution in [-0.2, 0) is 16.1 Å². The molecule has 1 aliphatic heterocycles. The van der Waals surface area contributed by atoms with E-state index in [4.69, 9.17) is 4.74 Å². The first-order chi connectivity index (χ1) is 13.3. The number of carbonyl (C=O) groups is 1. The fourth-order valence-corrected chi connectivity index (χ4v) is 2.86. The molecule has 5 N–H and O–H groups in total. The summed E-state index contributed by atoms with van der Waals surface area (Å²) in [4.78, 5) is 36.8. The van der Waals surface area contributed by atoms with Crippen molar-refractivity contribution in [2.45, 2.75) is 37.2 Å². The third kappa shape index (κ3) is 3.87. The average Bonchev–Trinajstić information content (AvgIpc) is 2.98. The molecule has 2 heterocycles. The molecule has 3 rings (SSSR count). The molecule has 11 heteroatoms. The summed E-state index contributed by atoms with van der Waals surface area (Å²) in [6, 6.07) is 8.84. The zero-order valence-electron chi connectivity index (χ0n) is 14.4. The van der Waals surface area contributed by atoms with Crippen molar-refractivity contribution in [2.75, 3.05) is 0 Å². The van der Waals surface area contributed by atoms with Gasteiger partial charge < -0.3 is 25.4 Å². The molecule has 1 amide bonds. The quantitative estimate of drug-likeness (QED) is 0.391. The summed E-state index contributed by atoms with van der Waals surface area (Å²) >= 11 is 0. The fourth-order valence-electron chi connectivity index (χ4n) is 2.86. The number of aromatic amines is 1. The van der Waals surface area contributed by atoms with E-state index in [1.54, 1.807) is 35.3 Å². The highest BCUT2D eigenvalue weighted by Gasteiger charge is 2.49. The van der Waals surface area contributed by atoms with E-state index in [1.165, 1.54) is 0 Å². The number of aliphatic hydroxyl groups is 3. The SMILES string of the molecule is O=C(NCc1ccccc1)C(O)C1OC(n2cc(F)c(=O)[nH]c2=O)C(O)C1O. The molecule has 1 fully saturated rings. The van der Waals surface area contributed by atoms with Gasteiger partial charge in [-0.3, -0.25) is 19.1 Å². The zero-order chi connectivity index (χ0) is 20.4. The van der Waals surface area contributed by atoms with E-state index < -0.39 is 53.6 Å². The monoisotopic (exact) mass is 395 g/mol. The summed E-state index contributed by atoms with van der Waals surface area (Å²) in [5.74, 6) is -2.18. The summed E-state index contributed by atoms with van der Waals surface area (Å²) in [7, 11) is 0. The van der Waals surface area contributed by atoms with E-state index in [-0.39, 0.29) is 6.54 Å². The lowest BCUT2D eigenvalue weighted by Crippen LogP contribution is -2.47. The molecule has 28 heavy (non-hydrogen) atoms. The van der Waals surface area contributed by atoms with Gasteiger partial charge in [-0.15, -0.1) is 0 Å². The highest BCUT2D eigenvalue weighted by Crippen LogP contribution is 2.30. The van der Waals surface area contributed by atoms with Crippen molar-refractivity contribution in [1.82, 2.24) is 14.9 Å². The minimum Gasteiger partial charge on any atom is -0.387 e. The Hall–Kier alpha value is -2.86. The molecular formula is C17H18FN3O7. The number of aromatic nitrogens is 2. The summed E-state index contributed by atoms with van der Waals surface area (Å²) in [5.41, 5.74) is -1.58. The van der Waals surface area contributed by atoms with Crippen LogP contribution in [0.5, 0.6) is 0 Å². The molecule has 0 radical (unpaired) electrons. The highest BCUT2D eigenvalue weighted by molar-refractivity contribution is 5.81. The van der Waals surface area contributed by atoms with E-state index in [9.17, 15) is 34.1 Å². The van der Waals surface area contributed by atoms with Gasteiger partial charge in [0.2, 0.25) is 5.82 Å². The Bertz CT molecular complexity index is 961. The Balaban J connectivity index is 1.73. The lowest BCUT2D eigenvalue weighted by molar-refractivity contribution is -0.143. The number of hydrogen-bond acceptors (Lipinski definition) is 7. The van der Waals surface area contributed by atoms with Gasteiger partial charge in [-0.2, -0.15) is 4.39 Å². The molecule has 5 unspecified atom stereocenters. The van der Waals surface area contributed by atoms with Crippen LogP contribution in [0.25, 0.3) is 0 Å². The Morgan fingerprint density at radius 3 is 2.61 bits per heavy atom. The first-order valence-electron chi connectivity index (χ1n) is 8.32. The number of nitrogens with zero attached hydrogens (tertiary/aromatic N) is 1. The van der Waals surface area contributed by atoms with Crippen LogP contribution < -0.4 is 16.6 Å². The second-order valence-electron chi connectivity index (χ2n) is 6.26. The van der Waals surface area contributed by atoms with E-state index in [0.29, 0.717) is 10.8 Å². The van der Waals surface area contributed by atoms with Crippen LogP contribution in [0.1, 0.15) is 11.8 Å². The average molecular weight is 395 g/mol. The molecule has 0 bridgehead atoms. The van der Waals surface area contributed by atoms with Crippen molar-refractivity contribution in [3.8, 4) is 0 Å². The molecular weight excluding hydrogens is 377 g/mol. The molecule has 0 saturated carbocycles. The van der Waals surface area contributed by atoms with E-state index >= 15 is 0 Å². The molecule has 150 valence electrons. The second-order valence-corrected chi connectivity index (χ2v) is 6.26. The van der Waals surface area contributed by atoms with E-state index in [2.05, 4.69) is 5.32 Å². The van der Waals surface area contributed by atoms with Crippen LogP contribution in [0.15, 0.2) is 46.1 Å². The van der Waals surface area contributed by atoms with Gasteiger partial charge in [-0.25, -0.2) is 4.79 Å². The summed E-state index contributed by atoms with van der Waals surface area (Å²) < 4.78 is 19.2. The van der Waals surface area contributed by atoms with Crippen LogP contribution in [-0.4, -0.2) is 55.2 Å². The Morgan fingerprint density at radius 2 is 1.93 bits per heavy atom. The summed E-state index contributed by atoms with van der Waals surface area (Å²) in [6.45, 7) is 0.107. The predicted octanol–water partition coefficient (Wildman–Crippen LogP) is -2.03. The van der Waals surface area contributed by atoms with Crippen LogP contribution in [0.2, 0.25) is 0 Å². The maximum absolute atomic E-state index is 13.5. The van der Waals surface area contributed by atoms with Crippen molar-refractivity contribution in [3.63, 3.8) is 0 Å². The largest absolute Gasteiger partial charge is 0.387 e. The third-order valence-electron chi connectivity index (χ3n) is 4.36. The zero-order valence-corrected chi connectivity index (χ0v) is 14.4. The molecule has 10 nitrogen and oxygen atoms in total. The number of benzene rings is 1. The molecule has 1 aromatic heterocycles. The lowest BCUT2D eigenvalue weighted by atomic mass is 10.0. The lowest BCUT2D eigenvalue weighted by Gasteiger charge is -2.20. The van der Waals surface area contributed by atoms with Crippen LogP contribution in [0.4, 0.5) is 4.39 Å². The smallest absolute Gasteiger partial charge is 0.330 e. The molecule has 1 aliphatic rings. The maximum Gasteiger partial charge on any atom is 0.330 e. The first kappa shape index (κ1) is 19.9. The number of halogens is 1. The number of rotatable bonds is 5. The van der Waals surface area contributed by atoms with E-state index in [0.717, 1.165) is 5.56 Å². The van der Waals surface area contributed by atoms with Gasteiger partial charge in [0.15, 0.2) is 12.3 Å². The maximum atomic E-state index is 13.5. The van der Waals surface area contributed by atoms with Gasteiger partial charge >= 0.3 is 5.69 Å². The predicted molar refractivity (Wildman–Crippen MR) is 91.5 cm³/mol. The number of ether oxygens (including phenoxy) is 1. The minimum absolute atomic E-state index is 0.107. The Labute approximate surface area is 156 Å². The summed E-state index contributed by atoms with van der Waals surface area (Å²) in [5, 5.41) is 32.9. The van der Waals surface area contributed by atoms with Gasteiger partial charge in [0.25, 0.3) is 11.5 Å². The van der Waals surface area contributed by atoms with E-state index in [1.807, 2.05) is 0 Å². The number of hydrogen-bond donors (Lipinski definition) is 5. The first-order valence-corrected chi connectivity index (χ1v) is 8.32. The standard InChI is InChI=1S/C17H18FN3O7/c18-9-7-21(17(27)20-14(9)25)16-11(23)10(22)13(28-16)12(24)15(26)19-6-8-4-2-1-3-5-8/h1-5,7,10-13,16,22-24H,6H2,(H,19,26)(H,20,25,27). The highest BCUT2D eigenvalue weighted by atomic mass is 19.1. The van der Waals surface area contributed by atoms with Crippen molar-refractivity contribution >= 4 is 5.91 Å². The van der Waals surface area contributed by atoms with Gasteiger partial charge in [-0.1, -0.05) is 30.3 Å². The van der Waals surface area contributed by atoms with Crippen molar-refractivity contribution in [3.05, 3.63) is 68.7 Å². The third-order valence-corrected chi connectivity index (χ3v) is 4.36. The second kappa shape index (κ2) is 8.02. The molecule has 1 saturated heterocycles. The van der Waals surface area contributed by atoms with Crippen molar-refractivity contribution < 1.29 is 29.2 Å². The van der Waals surface area contributed by atoms with Crippen LogP contribution >= 0.6 is 0 Å². The van der Waals surface area contributed by atoms with Gasteiger partial charge in [0, 0.05) is 6.54 Å². The van der Waals surface area contributed by atoms with Gasteiger partial charge in [0.05, 0.1) is 6.20 Å². The topological polar surface area (TPSA) is 154 Å². The molecule has 1 aromatic carbocycles. The molecule has 5 atom stereocenters. The number of aliphatic hydroxyl groups excluding tert-OH is 3. The molecule has 2 aromatic rings. The number of H-pyrrole nitrogens is 1. The fraction of sp³-hybridized carbons (Fsp3) is 0.353. The van der Waals surface area contributed by atoms with Crippen molar-refractivity contribution in [2.24, 2.45) is 0 Å². The normalized spacial score (nSPS) is 25.4. The van der Waals surface area contributed by atoms with Gasteiger partial charge in [-0.05, 0) is 5.56 Å². The molecule has 0 spiro atoms. The van der Waals surface area contributed by atoms with Crippen LogP contribution in [0, 0.1) is 5.82 Å². The Morgan fingerprint density at radius 1 is 1.25 bits per heavy atom. The number of amides is 1. The van der Waals surface area contributed by atoms with Crippen molar-refractivity contribution in [1.29, 1.82) is 0 Å².